The summed E-state index contributed by atoms with van der Waals surface area (Å²) in [5.41, 5.74) is 2.98. The Kier molecular flexibility index (Phi) is 8.58. The van der Waals surface area contributed by atoms with Crippen molar-refractivity contribution in [3.05, 3.63) is 35.4 Å². The van der Waals surface area contributed by atoms with Gasteiger partial charge in [-0.25, -0.2) is 0 Å². The van der Waals surface area contributed by atoms with E-state index in [2.05, 4.69) is 46.4 Å². The standard InChI is InChI=1S/C22H33N3O2.HI/c1-17-7-6-8-19(15-17)22(11-4-5-12-22)16-24-21(23-2)25-13-9-18(10-14-25)20(26)27-3;/h6-8,15,18H,4-5,9-14,16H2,1-3H3,(H,23,24);1H. The van der Waals surface area contributed by atoms with Gasteiger partial charge in [-0.1, -0.05) is 42.7 Å². The molecule has 1 aliphatic carbocycles. The number of ether oxygens (including phenoxy) is 1. The van der Waals surface area contributed by atoms with Crippen molar-refractivity contribution in [3.8, 4) is 0 Å². The molecule has 5 nitrogen and oxygen atoms in total. The van der Waals surface area contributed by atoms with E-state index < -0.39 is 0 Å². The van der Waals surface area contributed by atoms with Gasteiger partial charge in [-0.05, 0) is 38.2 Å². The molecule has 0 spiro atoms. The zero-order chi connectivity index (χ0) is 19.3. The van der Waals surface area contributed by atoms with E-state index in [1.165, 1.54) is 43.9 Å². The lowest BCUT2D eigenvalue weighted by Gasteiger charge is -2.36. The van der Waals surface area contributed by atoms with Crippen molar-refractivity contribution in [1.82, 2.24) is 10.2 Å². The molecule has 1 saturated heterocycles. The van der Waals surface area contributed by atoms with Crippen LogP contribution in [0.15, 0.2) is 29.3 Å². The zero-order valence-corrected chi connectivity index (χ0v) is 19.7. The molecule has 6 heteroatoms. The molecule has 2 fully saturated rings. The van der Waals surface area contributed by atoms with Crippen LogP contribution in [0.1, 0.15) is 49.7 Å². The second-order valence-electron chi connectivity index (χ2n) is 8.04. The highest BCUT2D eigenvalue weighted by atomic mass is 127. The summed E-state index contributed by atoms with van der Waals surface area (Å²) in [5, 5.41) is 3.66. The molecule has 28 heavy (non-hydrogen) atoms. The van der Waals surface area contributed by atoms with Gasteiger partial charge in [-0.3, -0.25) is 9.79 Å². The van der Waals surface area contributed by atoms with Crippen molar-refractivity contribution in [3.63, 3.8) is 0 Å². The minimum absolute atomic E-state index is 0. The van der Waals surface area contributed by atoms with Crippen LogP contribution in [0.25, 0.3) is 0 Å². The minimum Gasteiger partial charge on any atom is -0.469 e. The van der Waals surface area contributed by atoms with Crippen molar-refractivity contribution >= 4 is 35.9 Å². The summed E-state index contributed by atoms with van der Waals surface area (Å²) in [7, 11) is 3.32. The number of aliphatic imine (C=N–C) groups is 1. The van der Waals surface area contributed by atoms with E-state index in [-0.39, 0.29) is 41.3 Å². The zero-order valence-electron chi connectivity index (χ0n) is 17.4. The molecule has 1 saturated carbocycles. The van der Waals surface area contributed by atoms with Gasteiger partial charge in [0.05, 0.1) is 13.0 Å². The number of carbonyl (C=O) groups excluding carboxylic acids is 1. The summed E-state index contributed by atoms with van der Waals surface area (Å²) >= 11 is 0. The number of likely N-dealkylation sites (tertiary alicyclic amines) is 1. The van der Waals surface area contributed by atoms with E-state index in [0.717, 1.165) is 38.4 Å². The second-order valence-corrected chi connectivity index (χ2v) is 8.04. The van der Waals surface area contributed by atoms with Crippen LogP contribution in [0.4, 0.5) is 0 Å². The SMILES string of the molecule is CN=C(NCC1(c2cccc(C)c2)CCCC1)N1CCC(C(=O)OC)CC1.I. The Morgan fingerprint density at radius 3 is 2.54 bits per heavy atom. The van der Waals surface area contributed by atoms with E-state index >= 15 is 0 Å². The summed E-state index contributed by atoms with van der Waals surface area (Å²) in [6.07, 6.45) is 6.69. The molecule has 0 bridgehead atoms. The van der Waals surface area contributed by atoms with E-state index in [1.54, 1.807) is 0 Å². The summed E-state index contributed by atoms with van der Waals surface area (Å²) in [6, 6.07) is 8.98. The molecule has 0 amide bonds. The highest BCUT2D eigenvalue weighted by Crippen LogP contribution is 2.41. The lowest BCUT2D eigenvalue weighted by atomic mass is 9.78. The number of nitrogens with zero attached hydrogens (tertiary/aromatic N) is 2. The predicted octanol–water partition coefficient (Wildman–Crippen LogP) is 3.89. The van der Waals surface area contributed by atoms with E-state index in [1.807, 2.05) is 7.05 Å². The van der Waals surface area contributed by atoms with Gasteiger partial charge in [0.15, 0.2) is 5.96 Å². The Labute approximate surface area is 186 Å². The topological polar surface area (TPSA) is 53.9 Å². The predicted molar refractivity (Wildman–Crippen MR) is 124 cm³/mol. The average Bonchev–Trinajstić information content (AvgIpc) is 3.18. The van der Waals surface area contributed by atoms with E-state index in [0.29, 0.717) is 0 Å². The number of carbonyl (C=O) groups is 1. The second kappa shape index (κ2) is 10.5. The van der Waals surface area contributed by atoms with Crippen LogP contribution in [0, 0.1) is 12.8 Å². The van der Waals surface area contributed by atoms with Crippen LogP contribution in [-0.4, -0.2) is 50.6 Å². The third-order valence-electron chi connectivity index (χ3n) is 6.32. The maximum absolute atomic E-state index is 11.8. The van der Waals surface area contributed by atoms with E-state index in [4.69, 9.17) is 4.74 Å². The maximum Gasteiger partial charge on any atom is 0.308 e. The van der Waals surface area contributed by atoms with Crippen molar-refractivity contribution in [2.45, 2.75) is 50.9 Å². The molecular weight excluding hydrogens is 465 g/mol. The van der Waals surface area contributed by atoms with E-state index in [9.17, 15) is 4.79 Å². The summed E-state index contributed by atoms with van der Waals surface area (Å²) in [5.74, 6) is 0.900. The highest BCUT2D eigenvalue weighted by Gasteiger charge is 2.36. The van der Waals surface area contributed by atoms with Gasteiger partial charge in [0.1, 0.15) is 0 Å². The Bertz CT molecular complexity index is 678. The number of hydrogen-bond donors (Lipinski definition) is 1. The molecule has 3 rings (SSSR count). The Hall–Kier alpha value is -1.31. The van der Waals surface area contributed by atoms with Gasteiger partial charge in [-0.15, -0.1) is 24.0 Å². The van der Waals surface area contributed by atoms with Gasteiger partial charge >= 0.3 is 5.97 Å². The molecule has 0 unspecified atom stereocenters. The third kappa shape index (κ3) is 5.19. The van der Waals surface area contributed by atoms with Crippen molar-refractivity contribution in [2.24, 2.45) is 10.9 Å². The Morgan fingerprint density at radius 2 is 1.96 bits per heavy atom. The smallest absolute Gasteiger partial charge is 0.308 e. The molecule has 0 aromatic heterocycles. The molecule has 1 aliphatic heterocycles. The monoisotopic (exact) mass is 499 g/mol. The van der Waals surface area contributed by atoms with Crippen LogP contribution >= 0.6 is 24.0 Å². The number of hydrogen-bond acceptors (Lipinski definition) is 3. The molecule has 0 atom stereocenters. The molecule has 2 aliphatic rings. The van der Waals surface area contributed by atoms with Gasteiger partial charge in [0.25, 0.3) is 0 Å². The minimum atomic E-state index is -0.0815. The number of esters is 1. The van der Waals surface area contributed by atoms with Crippen LogP contribution in [-0.2, 0) is 14.9 Å². The van der Waals surface area contributed by atoms with Crippen LogP contribution in [0.3, 0.4) is 0 Å². The number of methoxy groups -OCH3 is 1. The first kappa shape index (κ1) is 23.0. The molecular formula is C22H34IN3O2. The number of guanidine groups is 1. The lowest BCUT2D eigenvalue weighted by molar-refractivity contribution is -0.146. The number of piperidine rings is 1. The Morgan fingerprint density at radius 1 is 1.29 bits per heavy atom. The van der Waals surface area contributed by atoms with Crippen molar-refractivity contribution < 1.29 is 9.53 Å². The van der Waals surface area contributed by atoms with Crippen LogP contribution in [0.5, 0.6) is 0 Å². The van der Waals surface area contributed by atoms with Gasteiger partial charge < -0.3 is 15.0 Å². The van der Waals surface area contributed by atoms with Crippen molar-refractivity contribution in [2.75, 3.05) is 33.8 Å². The molecule has 0 radical (unpaired) electrons. The normalized spacial score (nSPS) is 19.8. The fraction of sp³-hybridized carbons (Fsp3) is 0.636. The quantitative estimate of drug-likeness (QED) is 0.296. The summed E-state index contributed by atoms with van der Waals surface area (Å²) in [4.78, 5) is 18.5. The van der Waals surface area contributed by atoms with Crippen LogP contribution in [0.2, 0.25) is 0 Å². The highest BCUT2D eigenvalue weighted by molar-refractivity contribution is 14.0. The summed E-state index contributed by atoms with van der Waals surface area (Å²) < 4.78 is 4.90. The molecule has 1 N–H and O–H groups in total. The molecule has 1 aromatic carbocycles. The fourth-order valence-electron chi connectivity index (χ4n) is 4.67. The fourth-order valence-corrected chi connectivity index (χ4v) is 4.67. The van der Waals surface area contributed by atoms with Gasteiger partial charge in [0.2, 0.25) is 0 Å². The summed E-state index contributed by atoms with van der Waals surface area (Å²) in [6.45, 7) is 4.78. The third-order valence-corrected chi connectivity index (χ3v) is 6.32. The Balaban J connectivity index is 0.00000280. The number of halogens is 1. The number of benzene rings is 1. The molecule has 156 valence electrons. The van der Waals surface area contributed by atoms with Crippen molar-refractivity contribution in [1.29, 1.82) is 0 Å². The van der Waals surface area contributed by atoms with Gasteiger partial charge in [0, 0.05) is 32.1 Å². The van der Waals surface area contributed by atoms with Crippen LogP contribution < -0.4 is 5.32 Å². The number of aryl methyl sites for hydroxylation is 1. The number of rotatable bonds is 4. The lowest BCUT2D eigenvalue weighted by Crippen LogP contribution is -2.49. The molecule has 1 aromatic rings. The first-order valence-electron chi connectivity index (χ1n) is 10.2. The van der Waals surface area contributed by atoms with Gasteiger partial charge in [-0.2, -0.15) is 0 Å². The maximum atomic E-state index is 11.8. The largest absolute Gasteiger partial charge is 0.469 e. The molecule has 1 heterocycles. The first-order valence-corrected chi connectivity index (χ1v) is 10.2. The average molecular weight is 499 g/mol. The number of nitrogens with one attached hydrogen (secondary N) is 1. The first-order chi connectivity index (χ1) is 13.1.